The normalized spacial score (nSPS) is 13.6. The molecule has 9 heteroatoms. The van der Waals surface area contributed by atoms with Gasteiger partial charge in [0.05, 0.1) is 53.8 Å². The van der Waals surface area contributed by atoms with Crippen LogP contribution in [0, 0.1) is 5.92 Å². The van der Waals surface area contributed by atoms with Crippen molar-refractivity contribution in [3.8, 4) is 45.6 Å². The molecule has 0 atom stereocenters. The van der Waals surface area contributed by atoms with E-state index >= 15 is 0 Å². The first-order valence-corrected chi connectivity index (χ1v) is 12.7. The zero-order valence-corrected chi connectivity index (χ0v) is 23.1. The molecule has 3 aromatic rings. The van der Waals surface area contributed by atoms with E-state index in [2.05, 4.69) is 0 Å². The molecule has 208 valence electrons. The van der Waals surface area contributed by atoms with Gasteiger partial charge in [-0.05, 0) is 36.6 Å². The second-order valence-corrected chi connectivity index (χ2v) is 9.30. The highest BCUT2D eigenvalue weighted by Crippen LogP contribution is 2.53. The van der Waals surface area contributed by atoms with Gasteiger partial charge in [-0.15, -0.1) is 0 Å². The van der Waals surface area contributed by atoms with Crippen molar-refractivity contribution in [2.45, 2.75) is 32.1 Å². The van der Waals surface area contributed by atoms with Crippen molar-refractivity contribution in [2.75, 3.05) is 42.7 Å². The number of hydrogen-bond acceptors (Lipinski definition) is 9. The summed E-state index contributed by atoms with van der Waals surface area (Å²) in [7, 11) is 8.64. The van der Waals surface area contributed by atoms with Gasteiger partial charge in [0.25, 0.3) is 0 Å². The van der Waals surface area contributed by atoms with Crippen LogP contribution in [0.4, 0.5) is 0 Å². The third-order valence-electron chi connectivity index (χ3n) is 7.36. The van der Waals surface area contributed by atoms with E-state index in [-0.39, 0.29) is 51.2 Å². The zero-order chi connectivity index (χ0) is 28.3. The Hall–Kier alpha value is -4.14. The maximum absolute atomic E-state index is 14.0. The summed E-state index contributed by atoms with van der Waals surface area (Å²) in [4.78, 5) is 27.6. The van der Waals surface area contributed by atoms with Crippen molar-refractivity contribution >= 4 is 22.5 Å². The van der Waals surface area contributed by atoms with Crippen molar-refractivity contribution in [3.05, 3.63) is 35.4 Å². The Bertz CT molecular complexity index is 1400. The molecule has 1 aliphatic rings. The Morgan fingerprint density at radius 2 is 1.38 bits per heavy atom. The number of aromatic hydroxyl groups is 1. The zero-order valence-electron chi connectivity index (χ0n) is 23.1. The number of phenols is 1. The number of ether oxygens (including phenoxy) is 6. The van der Waals surface area contributed by atoms with Gasteiger partial charge >= 0.3 is 5.97 Å². The number of methoxy groups -OCH3 is 6. The van der Waals surface area contributed by atoms with Gasteiger partial charge in [0, 0.05) is 22.3 Å². The molecule has 0 spiro atoms. The highest BCUT2D eigenvalue weighted by molar-refractivity contribution is 6.22. The Kier molecular flexibility index (Phi) is 8.38. The van der Waals surface area contributed by atoms with E-state index in [1.54, 1.807) is 24.3 Å². The summed E-state index contributed by atoms with van der Waals surface area (Å²) in [6, 6.07) is 6.71. The first-order valence-electron chi connectivity index (χ1n) is 12.7. The van der Waals surface area contributed by atoms with Gasteiger partial charge in [-0.25, -0.2) is 4.79 Å². The van der Waals surface area contributed by atoms with E-state index in [1.807, 2.05) is 0 Å². The third kappa shape index (κ3) is 4.77. The van der Waals surface area contributed by atoms with Crippen LogP contribution in [0.2, 0.25) is 0 Å². The molecule has 0 aromatic heterocycles. The highest BCUT2D eigenvalue weighted by atomic mass is 16.5. The second kappa shape index (κ2) is 11.7. The van der Waals surface area contributed by atoms with Gasteiger partial charge in [0.2, 0.25) is 5.75 Å². The molecule has 0 amide bonds. The lowest BCUT2D eigenvalue weighted by molar-refractivity contribution is 0.0595. The number of rotatable bonds is 9. The van der Waals surface area contributed by atoms with Gasteiger partial charge in [-0.2, -0.15) is 0 Å². The molecular formula is C30H34O9. The van der Waals surface area contributed by atoms with Crippen LogP contribution >= 0.6 is 0 Å². The average Bonchev–Trinajstić information content (AvgIpc) is 2.99. The van der Waals surface area contributed by atoms with Gasteiger partial charge in [0.1, 0.15) is 5.75 Å². The number of carbonyl (C=O) groups excluding carboxylic acids is 2. The molecule has 0 bridgehead atoms. The van der Waals surface area contributed by atoms with Crippen LogP contribution in [0.3, 0.4) is 0 Å². The van der Waals surface area contributed by atoms with Crippen molar-refractivity contribution in [3.63, 3.8) is 0 Å². The van der Waals surface area contributed by atoms with Gasteiger partial charge in [0.15, 0.2) is 28.8 Å². The lowest BCUT2D eigenvalue weighted by Gasteiger charge is -2.25. The smallest absolute Gasteiger partial charge is 0.339 e. The molecule has 0 saturated heterocycles. The summed E-state index contributed by atoms with van der Waals surface area (Å²) in [6.45, 7) is 0. The maximum atomic E-state index is 14.0. The van der Waals surface area contributed by atoms with Crippen molar-refractivity contribution in [1.29, 1.82) is 0 Å². The Morgan fingerprint density at radius 3 is 1.95 bits per heavy atom. The minimum Gasteiger partial charge on any atom is -0.507 e. The minimum atomic E-state index is -0.770. The van der Waals surface area contributed by atoms with E-state index in [1.165, 1.54) is 42.7 Å². The molecule has 0 unspecified atom stereocenters. The Morgan fingerprint density at radius 1 is 0.744 bits per heavy atom. The predicted molar refractivity (Wildman–Crippen MR) is 146 cm³/mol. The Balaban J connectivity index is 2.25. The SMILES string of the molecule is COC(=O)c1c(C(=O)C2CCCCC2)c(O)c2cc(OC)c(OC)c(OC)c2c1-c1ccc(OC)c(OC)c1. The van der Waals surface area contributed by atoms with Crippen molar-refractivity contribution < 1.29 is 43.1 Å². The van der Waals surface area contributed by atoms with Gasteiger partial charge < -0.3 is 33.5 Å². The minimum absolute atomic E-state index is 0.0594. The number of carbonyl (C=O) groups is 2. The van der Waals surface area contributed by atoms with Crippen molar-refractivity contribution in [2.24, 2.45) is 5.92 Å². The maximum Gasteiger partial charge on any atom is 0.339 e. The summed E-state index contributed by atoms with van der Waals surface area (Å²) in [6.07, 6.45) is 4.21. The summed E-state index contributed by atoms with van der Waals surface area (Å²) in [5.41, 5.74) is 0.699. The summed E-state index contributed by atoms with van der Waals surface area (Å²) in [5, 5.41) is 12.3. The molecule has 9 nitrogen and oxygen atoms in total. The first kappa shape index (κ1) is 27.9. The summed E-state index contributed by atoms with van der Waals surface area (Å²) >= 11 is 0. The predicted octanol–water partition coefficient (Wildman–Crippen LogP) is 5.81. The molecule has 0 radical (unpaired) electrons. The highest BCUT2D eigenvalue weighted by Gasteiger charge is 2.36. The standard InChI is InChI=1S/C30H34O9/c1-34-19-13-12-17(14-20(19)35-2)22-23-18(15-21(36-3)28(37-4)29(23)38-5)27(32)25(24(22)30(33)39-6)26(31)16-10-8-7-9-11-16/h12-16,32H,7-11H2,1-6H3. The molecule has 39 heavy (non-hydrogen) atoms. The quantitative estimate of drug-likeness (QED) is 0.267. The number of ketones is 1. The van der Waals surface area contributed by atoms with E-state index < -0.39 is 5.97 Å². The van der Waals surface area contributed by atoms with Crippen LogP contribution < -0.4 is 23.7 Å². The van der Waals surface area contributed by atoms with Gasteiger partial charge in [-0.1, -0.05) is 25.3 Å². The van der Waals surface area contributed by atoms with Crippen LogP contribution in [0.15, 0.2) is 24.3 Å². The molecule has 0 heterocycles. The number of benzene rings is 3. The molecular weight excluding hydrogens is 504 g/mol. The molecule has 4 rings (SSSR count). The number of hydrogen-bond donors (Lipinski definition) is 1. The summed E-state index contributed by atoms with van der Waals surface area (Å²) < 4.78 is 33.1. The number of esters is 1. The fourth-order valence-corrected chi connectivity index (χ4v) is 5.49. The molecule has 0 aliphatic heterocycles. The average molecular weight is 539 g/mol. The topological polar surface area (TPSA) is 110 Å². The molecule has 1 fully saturated rings. The van der Waals surface area contributed by atoms with Crippen LogP contribution in [-0.2, 0) is 4.74 Å². The lowest BCUT2D eigenvalue weighted by atomic mass is 9.79. The van der Waals surface area contributed by atoms with Crippen LogP contribution in [0.5, 0.6) is 34.5 Å². The second-order valence-electron chi connectivity index (χ2n) is 9.30. The largest absolute Gasteiger partial charge is 0.507 e. The van der Waals surface area contributed by atoms with Crippen LogP contribution in [0.25, 0.3) is 21.9 Å². The van der Waals surface area contributed by atoms with Crippen LogP contribution in [-0.4, -0.2) is 59.5 Å². The lowest BCUT2D eigenvalue weighted by Crippen LogP contribution is -2.22. The molecule has 1 aliphatic carbocycles. The third-order valence-corrected chi connectivity index (χ3v) is 7.36. The number of fused-ring (bicyclic) bond motifs is 1. The Labute approximate surface area is 227 Å². The van der Waals surface area contributed by atoms with E-state index in [4.69, 9.17) is 28.4 Å². The van der Waals surface area contributed by atoms with Gasteiger partial charge in [-0.3, -0.25) is 4.79 Å². The van der Waals surface area contributed by atoms with Crippen molar-refractivity contribution in [1.82, 2.24) is 0 Å². The first-order chi connectivity index (χ1) is 18.9. The summed E-state index contributed by atoms with van der Waals surface area (Å²) in [5.74, 6) is -0.0876. The van der Waals surface area contributed by atoms with E-state index in [0.29, 0.717) is 40.9 Å². The fraction of sp³-hybridized carbons (Fsp3) is 0.400. The molecule has 1 saturated carbocycles. The monoisotopic (exact) mass is 538 g/mol. The number of Topliss-reactive ketones (excluding diaryl/α,β-unsaturated/α-hetero) is 1. The van der Waals surface area contributed by atoms with E-state index in [0.717, 1.165) is 19.3 Å². The number of phenolic OH excluding ortho intramolecular Hbond substituents is 1. The molecule has 1 N–H and O–H groups in total. The van der Waals surface area contributed by atoms with Crippen LogP contribution in [0.1, 0.15) is 52.8 Å². The van der Waals surface area contributed by atoms with E-state index in [9.17, 15) is 14.7 Å². The molecule has 3 aromatic carbocycles. The fourth-order valence-electron chi connectivity index (χ4n) is 5.49.